The molecule has 0 aliphatic carbocycles. The third kappa shape index (κ3) is 36.9. The molecule has 0 radical (unpaired) electrons. The van der Waals surface area contributed by atoms with Gasteiger partial charge in [-0.25, -0.2) is 0 Å². The number of hydrogen-bond acceptors (Lipinski definition) is 23. The van der Waals surface area contributed by atoms with Gasteiger partial charge in [0.25, 0.3) is 0 Å². The number of benzene rings is 2. The van der Waals surface area contributed by atoms with Crippen LogP contribution in [0.25, 0.3) is 0 Å². The Labute approximate surface area is 618 Å². The first-order valence-electron chi connectivity index (χ1n) is 33.9. The molecule has 39 nitrogen and oxygen atoms in total. The fourth-order valence-corrected chi connectivity index (χ4v) is 10.2. The van der Waals surface area contributed by atoms with Crippen LogP contribution in [0.5, 0.6) is 0 Å². The first-order valence-corrected chi connectivity index (χ1v) is 35.1. The van der Waals surface area contributed by atoms with Crippen LogP contribution in [0.15, 0.2) is 70.6 Å². The van der Waals surface area contributed by atoms with Crippen LogP contribution in [0.1, 0.15) is 89.2 Å². The summed E-state index contributed by atoms with van der Waals surface area (Å²) in [6.07, 6.45) is -0.373. The van der Waals surface area contributed by atoms with Crippen LogP contribution < -0.4 is 115 Å². The van der Waals surface area contributed by atoms with E-state index >= 15 is 0 Å². The molecule has 2 aromatic rings. The lowest BCUT2D eigenvalue weighted by Crippen LogP contribution is -2.61. The predicted molar refractivity (Wildman–Crippen MR) is 394 cm³/mol. The Kier molecular flexibility index (Phi) is 43.8. The Morgan fingerprint density at radius 1 is 0.410 bits per heavy atom. The summed E-state index contributed by atoms with van der Waals surface area (Å²) in [4.78, 5) is 196. The first kappa shape index (κ1) is 91.1. The van der Waals surface area contributed by atoms with E-state index in [-0.39, 0.29) is 102 Å². The molecular formula is C64H105N23O16S2. The molecule has 14 amide bonds. The number of amides is 14. The topological polar surface area (TPSA) is 669 Å². The molecule has 0 aliphatic heterocycles. The summed E-state index contributed by atoms with van der Waals surface area (Å²) < 4.78 is 0. The van der Waals surface area contributed by atoms with Crippen LogP contribution in [0.4, 0.5) is 0 Å². The van der Waals surface area contributed by atoms with Gasteiger partial charge in [0.05, 0.1) is 38.4 Å². The number of carbonyl (C=O) groups is 14. The lowest BCUT2D eigenvalue weighted by molar-refractivity contribution is -0.136. The number of aliphatic imine (C=N–C) groups is 2. The number of nitrogens with one attached hydrogen (secondary N) is 13. The molecule has 0 saturated heterocycles. The SMILES string of the molecule is C[C@H](NC(=O)CNC(=O)[C@@H](NC(=O)[C@H](Cc1ccccc1)NC(=O)CNC(=O)CNC(=O)[C@@H](N)Cc1ccccc1)[C@@H](C)O)C(=O)N[C@@H](CCCN=C(N)N)C(=O)N[C@@H](CCCCN)C(=O)N[C@@H](CO)C(=O)N[C@@H](CS)C(=O)N[C@@H](CCCN=C(N)N)C(=O)N[C@@H](CCCCN)C(=O)N[C@@H](CS)C(N)=O. The standard InChI is InChI=1S/C64H105N23O16S2/c1-35(78-49(91)31-77-62(103)51(36(2)89)87-59(100)44(28-38-17-7-4-8-18-38)79-50(92)30-75-48(90)29-76-54(95)39(67)27-37-15-5-3-6-16-37)53(94)80-42(21-13-25-73-63(69)70)55(96)81-40(19-9-11-23-65)57(98)84-45(32-88)60(101)86-47(34-105)61(102)83-43(22-14-26-74-64(71)72)56(97)82-41(20-10-12-24-66)58(99)85-46(33-104)52(68)93/h3-8,15-18,35-36,39-47,51,88-89,104-105H,9-14,19-34,65-67H2,1-2H3,(H2,68,93)(H,75,90)(H,76,95)(H,77,103)(H,78,91)(H,79,92)(H,80,94)(H,81,96)(H,82,97)(H,83,102)(H,84,98)(H,85,99)(H,86,101)(H,87,100)(H4,69,70,73)(H4,71,72,74)/t35-,36+,39-,40-,41-,42-,43-,44-,45-,46-,47-,51-/m0/s1. The summed E-state index contributed by atoms with van der Waals surface area (Å²) in [5.41, 5.74) is 46.1. The second-order valence-electron chi connectivity index (χ2n) is 24.2. The average molecular weight is 1520 g/mol. The third-order valence-corrected chi connectivity index (χ3v) is 16.2. The Balaban J connectivity index is 2.24. The van der Waals surface area contributed by atoms with E-state index in [0.717, 1.165) is 12.5 Å². The number of nitrogens with zero attached hydrogens (tertiary/aromatic N) is 2. The molecule has 0 aromatic heterocycles. The van der Waals surface area contributed by atoms with Gasteiger partial charge in [-0.3, -0.25) is 77.1 Å². The maximum atomic E-state index is 14.2. The van der Waals surface area contributed by atoms with Crippen molar-refractivity contribution in [1.82, 2.24) is 69.1 Å². The van der Waals surface area contributed by atoms with Crippen molar-refractivity contribution in [2.24, 2.45) is 55.9 Å². The van der Waals surface area contributed by atoms with E-state index in [0.29, 0.717) is 24.8 Å². The largest absolute Gasteiger partial charge is 0.394 e. The van der Waals surface area contributed by atoms with Crippen LogP contribution in [0.2, 0.25) is 0 Å². The molecule has 0 fully saturated rings. The number of unbranched alkanes of at least 4 members (excludes halogenated alkanes) is 2. The van der Waals surface area contributed by atoms with Crippen LogP contribution in [-0.4, -0.2) is 241 Å². The highest BCUT2D eigenvalue weighted by Gasteiger charge is 2.36. The fourth-order valence-electron chi connectivity index (χ4n) is 9.69. The fraction of sp³-hybridized carbons (Fsp3) is 0.562. The van der Waals surface area contributed by atoms with E-state index in [1.165, 1.54) is 6.92 Å². The highest BCUT2D eigenvalue weighted by molar-refractivity contribution is 7.80. The normalized spacial score (nSPS) is 14.3. The van der Waals surface area contributed by atoms with E-state index in [1.54, 1.807) is 60.7 Å². The van der Waals surface area contributed by atoms with Crippen molar-refractivity contribution in [3.8, 4) is 0 Å². The zero-order valence-electron chi connectivity index (χ0n) is 58.8. The van der Waals surface area contributed by atoms with Gasteiger partial charge in [0, 0.05) is 31.0 Å². The number of thiol groups is 2. The molecule has 12 atom stereocenters. The van der Waals surface area contributed by atoms with Crippen LogP contribution in [0, 0.1) is 0 Å². The number of aliphatic hydroxyl groups excluding tert-OH is 2. The van der Waals surface area contributed by atoms with E-state index in [2.05, 4.69) is 104 Å². The molecule has 0 saturated carbocycles. The second-order valence-corrected chi connectivity index (χ2v) is 24.9. The number of rotatable bonds is 51. The van der Waals surface area contributed by atoms with Gasteiger partial charge >= 0.3 is 0 Å². The molecule has 0 aliphatic rings. The van der Waals surface area contributed by atoms with Crippen molar-refractivity contribution in [3.63, 3.8) is 0 Å². The zero-order valence-corrected chi connectivity index (χ0v) is 60.6. The number of aliphatic hydroxyl groups is 2. The minimum atomic E-state index is -1.80. The van der Waals surface area contributed by atoms with E-state index < -0.39 is 187 Å². The number of nitrogens with two attached hydrogens (primary N) is 8. The Bertz CT molecular complexity index is 3230. The Morgan fingerprint density at radius 2 is 0.781 bits per heavy atom. The second kappa shape index (κ2) is 50.5. The minimum absolute atomic E-state index is 0.00240. The molecule has 0 bridgehead atoms. The summed E-state index contributed by atoms with van der Waals surface area (Å²) in [6.45, 7) is -0.299. The molecule has 0 heterocycles. The van der Waals surface area contributed by atoms with Crippen molar-refractivity contribution in [2.45, 2.75) is 163 Å². The molecule has 0 spiro atoms. The highest BCUT2D eigenvalue weighted by Crippen LogP contribution is 2.11. The first-order chi connectivity index (χ1) is 49.9. The van der Waals surface area contributed by atoms with Crippen LogP contribution in [0.3, 0.4) is 0 Å². The summed E-state index contributed by atoms with van der Waals surface area (Å²) >= 11 is 8.27. The number of guanidine groups is 2. The Morgan fingerprint density at radius 3 is 1.22 bits per heavy atom. The van der Waals surface area contributed by atoms with Gasteiger partial charge in [-0.2, -0.15) is 25.3 Å². The maximum absolute atomic E-state index is 14.2. The maximum Gasteiger partial charge on any atom is 0.245 e. The van der Waals surface area contributed by atoms with Gasteiger partial charge in [0.15, 0.2) is 11.9 Å². The number of hydrogen-bond donors (Lipinski definition) is 25. The lowest BCUT2D eigenvalue weighted by atomic mass is 10.0. The minimum Gasteiger partial charge on any atom is -0.394 e. The summed E-state index contributed by atoms with van der Waals surface area (Å²) in [5, 5.41) is 52.7. The quantitative estimate of drug-likeness (QED) is 0.0127. The lowest BCUT2D eigenvalue weighted by Gasteiger charge is -2.27. The zero-order chi connectivity index (χ0) is 78.6. The number of primary amides is 1. The molecule has 2 rings (SSSR count). The van der Waals surface area contributed by atoms with Gasteiger partial charge in [-0.15, -0.1) is 0 Å². The Hall–Kier alpha value is -9.94. The average Bonchev–Trinajstić information content (AvgIpc) is 0.854. The molecule has 31 N–H and O–H groups in total. The van der Waals surface area contributed by atoms with Gasteiger partial charge in [0.2, 0.25) is 82.7 Å². The molecule has 41 heteroatoms. The van der Waals surface area contributed by atoms with Crippen molar-refractivity contribution >= 4 is 120 Å². The third-order valence-electron chi connectivity index (χ3n) is 15.5. The molecule has 0 unspecified atom stereocenters. The number of carbonyl (C=O) groups excluding carboxylic acids is 14. The van der Waals surface area contributed by atoms with Crippen molar-refractivity contribution in [1.29, 1.82) is 0 Å². The molecule has 105 heavy (non-hydrogen) atoms. The van der Waals surface area contributed by atoms with E-state index in [9.17, 15) is 77.3 Å². The summed E-state index contributed by atoms with van der Waals surface area (Å²) in [6, 6.07) is 1.58. The van der Waals surface area contributed by atoms with Crippen LogP contribution >= 0.6 is 25.3 Å². The van der Waals surface area contributed by atoms with Gasteiger partial charge in [-0.05, 0) is 109 Å². The van der Waals surface area contributed by atoms with Crippen LogP contribution in [-0.2, 0) is 80.0 Å². The molecular weight excluding hydrogens is 1410 g/mol. The van der Waals surface area contributed by atoms with E-state index in [1.807, 2.05) is 0 Å². The van der Waals surface area contributed by atoms with Crippen molar-refractivity contribution in [2.75, 3.05) is 63.9 Å². The molecule has 2 aromatic carbocycles. The van der Waals surface area contributed by atoms with Gasteiger partial charge in [-0.1, -0.05) is 60.7 Å². The summed E-state index contributed by atoms with van der Waals surface area (Å²) in [5.74, 6) is -13.9. The summed E-state index contributed by atoms with van der Waals surface area (Å²) in [7, 11) is 0. The van der Waals surface area contributed by atoms with Crippen molar-refractivity contribution in [3.05, 3.63) is 71.8 Å². The monoisotopic (exact) mass is 1520 g/mol. The molecule has 584 valence electrons. The van der Waals surface area contributed by atoms with E-state index in [4.69, 9.17) is 45.9 Å². The van der Waals surface area contributed by atoms with Crippen molar-refractivity contribution < 1.29 is 77.3 Å². The smallest absolute Gasteiger partial charge is 0.245 e. The van der Waals surface area contributed by atoms with Gasteiger partial charge < -0.3 is 125 Å². The predicted octanol–water partition coefficient (Wildman–Crippen LogP) is -9.90. The highest BCUT2D eigenvalue weighted by atomic mass is 32.1. The van der Waals surface area contributed by atoms with Gasteiger partial charge in [0.1, 0.15) is 60.4 Å².